The molecule has 0 aliphatic rings. The molecule has 0 atom stereocenters. The van der Waals surface area contributed by atoms with E-state index in [0.717, 1.165) is 0 Å². The van der Waals surface area contributed by atoms with Crippen molar-refractivity contribution in [2.24, 2.45) is 0 Å². The van der Waals surface area contributed by atoms with E-state index in [2.05, 4.69) is 0 Å². The Kier molecular flexibility index (Phi) is 3.07. The van der Waals surface area contributed by atoms with E-state index in [1.807, 2.05) is 0 Å². The molecule has 106 valence electrons. The van der Waals surface area contributed by atoms with Gasteiger partial charge in [0.15, 0.2) is 5.58 Å². The molecular weight excluding hydrogens is 296 g/mol. The Labute approximate surface area is 123 Å². The maximum atomic E-state index is 12.5. The number of halogens is 1. The molecule has 1 aromatic carbocycles. The Morgan fingerprint density at radius 1 is 1.14 bits per heavy atom. The maximum Gasteiger partial charge on any atom is 0.298 e. The largest absolute Gasteiger partial charge is 0.480 e. The summed E-state index contributed by atoms with van der Waals surface area (Å²) >= 11 is 5.77. The van der Waals surface area contributed by atoms with Gasteiger partial charge in [0.2, 0.25) is 16.8 Å². The highest BCUT2D eigenvalue weighted by Crippen LogP contribution is 2.31. The molecule has 0 saturated heterocycles. The van der Waals surface area contributed by atoms with E-state index < -0.39 is 17.2 Å². The Hall–Kier alpha value is -2.53. The molecule has 3 rings (SSSR count). The summed E-state index contributed by atoms with van der Waals surface area (Å²) in [6.45, 7) is 1.57. The lowest BCUT2D eigenvalue weighted by molar-refractivity contribution is 0.103. The van der Waals surface area contributed by atoms with Crippen molar-refractivity contribution in [3.05, 3.63) is 62.5 Å². The van der Waals surface area contributed by atoms with E-state index in [4.69, 9.17) is 20.4 Å². The third kappa shape index (κ3) is 2.21. The molecule has 0 fully saturated rings. The van der Waals surface area contributed by atoms with Gasteiger partial charge in [-0.3, -0.25) is 9.59 Å². The zero-order chi connectivity index (χ0) is 15.1. The first-order chi connectivity index (χ1) is 9.97. The summed E-state index contributed by atoms with van der Waals surface area (Å²) < 4.78 is 10.3. The predicted octanol–water partition coefficient (Wildman–Crippen LogP) is 3.28. The lowest BCUT2D eigenvalue weighted by atomic mass is 10.1. The zero-order valence-electron chi connectivity index (χ0n) is 10.8. The van der Waals surface area contributed by atoms with Crippen LogP contribution in [0.5, 0.6) is 5.95 Å². The van der Waals surface area contributed by atoms with E-state index in [0.29, 0.717) is 16.3 Å². The normalized spacial score (nSPS) is 11.0. The van der Waals surface area contributed by atoms with Crippen LogP contribution < -0.4 is 5.43 Å². The first kappa shape index (κ1) is 13.5. The van der Waals surface area contributed by atoms with Crippen LogP contribution in [0, 0.1) is 6.92 Å². The summed E-state index contributed by atoms with van der Waals surface area (Å²) in [6.07, 6.45) is 0. The van der Waals surface area contributed by atoms with Crippen LogP contribution in [0.3, 0.4) is 0 Å². The van der Waals surface area contributed by atoms with Crippen LogP contribution in [0.15, 0.2) is 44.0 Å². The Balaban J connectivity index is 2.24. The Morgan fingerprint density at radius 2 is 1.81 bits per heavy atom. The van der Waals surface area contributed by atoms with Gasteiger partial charge in [-0.2, -0.15) is 0 Å². The van der Waals surface area contributed by atoms with Crippen LogP contribution >= 0.6 is 11.6 Å². The van der Waals surface area contributed by atoms with E-state index >= 15 is 0 Å². The number of carbonyl (C=O) groups excluding carboxylic acids is 1. The minimum atomic E-state index is -0.642. The van der Waals surface area contributed by atoms with Gasteiger partial charge in [-0.15, -0.1) is 0 Å². The topological polar surface area (TPSA) is 80.6 Å². The summed E-state index contributed by atoms with van der Waals surface area (Å²) in [5.41, 5.74) is -0.582. The highest BCUT2D eigenvalue weighted by molar-refractivity contribution is 6.30. The first-order valence-corrected chi connectivity index (χ1v) is 6.41. The zero-order valence-corrected chi connectivity index (χ0v) is 11.6. The standard InChI is InChI=1S/C15H9ClO5/c1-7-6-10(17)13-14(20-7)11(15(19)21-13)12(18)8-2-4-9(16)5-3-8/h2-6,19H,1H3. The van der Waals surface area contributed by atoms with Crippen LogP contribution in [0.4, 0.5) is 0 Å². The molecule has 0 amide bonds. The number of hydrogen-bond acceptors (Lipinski definition) is 5. The van der Waals surface area contributed by atoms with Crippen LogP contribution in [-0.2, 0) is 0 Å². The second-order valence-corrected chi connectivity index (χ2v) is 4.93. The van der Waals surface area contributed by atoms with Crippen LogP contribution in [0.1, 0.15) is 21.7 Å². The number of aromatic hydroxyl groups is 1. The second-order valence-electron chi connectivity index (χ2n) is 4.50. The molecule has 1 N–H and O–H groups in total. The predicted molar refractivity (Wildman–Crippen MR) is 76.0 cm³/mol. The molecule has 3 aromatic rings. The van der Waals surface area contributed by atoms with Crippen LogP contribution in [0.2, 0.25) is 5.02 Å². The molecule has 0 aliphatic carbocycles. The number of rotatable bonds is 2. The van der Waals surface area contributed by atoms with Gasteiger partial charge >= 0.3 is 0 Å². The molecule has 2 heterocycles. The third-order valence-corrected chi connectivity index (χ3v) is 3.25. The Bertz CT molecular complexity index is 902. The van der Waals surface area contributed by atoms with Gasteiger partial charge in [-0.25, -0.2) is 0 Å². The van der Waals surface area contributed by atoms with Crippen molar-refractivity contribution >= 4 is 28.6 Å². The average Bonchev–Trinajstić information content (AvgIpc) is 2.75. The first-order valence-electron chi connectivity index (χ1n) is 6.04. The van der Waals surface area contributed by atoms with E-state index in [1.54, 1.807) is 19.1 Å². The molecule has 21 heavy (non-hydrogen) atoms. The number of fused-ring (bicyclic) bond motifs is 1. The number of furan rings is 1. The molecule has 5 nitrogen and oxygen atoms in total. The van der Waals surface area contributed by atoms with Gasteiger partial charge < -0.3 is 13.9 Å². The van der Waals surface area contributed by atoms with Crippen molar-refractivity contribution in [3.63, 3.8) is 0 Å². The number of aryl methyl sites for hydroxylation is 1. The molecule has 0 spiro atoms. The van der Waals surface area contributed by atoms with Crippen molar-refractivity contribution in [2.45, 2.75) is 6.92 Å². The molecule has 0 aliphatic heterocycles. The third-order valence-electron chi connectivity index (χ3n) is 3.00. The Morgan fingerprint density at radius 3 is 2.48 bits per heavy atom. The lowest BCUT2D eigenvalue weighted by Crippen LogP contribution is -2.03. The van der Waals surface area contributed by atoms with E-state index in [9.17, 15) is 14.7 Å². The fraction of sp³-hybridized carbons (Fsp3) is 0.0667. The molecule has 0 radical (unpaired) electrons. The van der Waals surface area contributed by atoms with Gasteiger partial charge in [-0.05, 0) is 31.2 Å². The van der Waals surface area contributed by atoms with Crippen molar-refractivity contribution in [1.29, 1.82) is 0 Å². The fourth-order valence-electron chi connectivity index (χ4n) is 2.05. The summed E-state index contributed by atoms with van der Waals surface area (Å²) in [5, 5.41) is 10.3. The molecule has 0 unspecified atom stereocenters. The second kappa shape index (κ2) is 4.79. The van der Waals surface area contributed by atoms with Crippen molar-refractivity contribution in [3.8, 4) is 5.95 Å². The van der Waals surface area contributed by atoms with Crippen LogP contribution in [0.25, 0.3) is 11.2 Å². The lowest BCUT2D eigenvalue weighted by Gasteiger charge is -1.99. The van der Waals surface area contributed by atoms with Gasteiger partial charge in [0.25, 0.3) is 5.95 Å². The van der Waals surface area contributed by atoms with Crippen molar-refractivity contribution in [2.75, 3.05) is 0 Å². The average molecular weight is 305 g/mol. The van der Waals surface area contributed by atoms with Crippen molar-refractivity contribution in [1.82, 2.24) is 0 Å². The maximum absolute atomic E-state index is 12.5. The van der Waals surface area contributed by atoms with Crippen molar-refractivity contribution < 1.29 is 18.7 Å². The summed E-state index contributed by atoms with van der Waals surface area (Å²) in [5.74, 6) is -0.841. The highest BCUT2D eigenvalue weighted by atomic mass is 35.5. The summed E-state index contributed by atoms with van der Waals surface area (Å²) in [6, 6.07) is 7.35. The SMILES string of the molecule is Cc1cc(=O)c2oc(O)c(C(=O)c3ccc(Cl)cc3)c2o1. The molecular formula is C15H9ClO5. The summed E-state index contributed by atoms with van der Waals surface area (Å²) in [7, 11) is 0. The monoisotopic (exact) mass is 304 g/mol. The number of hydrogen-bond donors (Lipinski definition) is 1. The number of benzene rings is 1. The molecule has 0 bridgehead atoms. The van der Waals surface area contributed by atoms with Gasteiger partial charge in [-0.1, -0.05) is 11.6 Å². The van der Waals surface area contributed by atoms with Gasteiger partial charge in [0, 0.05) is 16.7 Å². The summed E-state index contributed by atoms with van der Waals surface area (Å²) in [4.78, 5) is 24.2. The molecule has 0 saturated carbocycles. The fourth-order valence-corrected chi connectivity index (χ4v) is 2.18. The van der Waals surface area contributed by atoms with Gasteiger partial charge in [0.1, 0.15) is 11.3 Å². The minimum Gasteiger partial charge on any atom is -0.480 e. The smallest absolute Gasteiger partial charge is 0.298 e. The highest BCUT2D eigenvalue weighted by Gasteiger charge is 2.25. The molecule has 6 heteroatoms. The number of carbonyl (C=O) groups is 1. The van der Waals surface area contributed by atoms with Gasteiger partial charge in [0.05, 0.1) is 0 Å². The van der Waals surface area contributed by atoms with E-state index in [1.165, 1.54) is 18.2 Å². The quantitative estimate of drug-likeness (QED) is 0.735. The number of ketones is 1. The molecule has 2 aromatic heterocycles. The minimum absolute atomic E-state index is 0.0579. The van der Waals surface area contributed by atoms with Crippen LogP contribution in [-0.4, -0.2) is 10.9 Å². The van der Waals surface area contributed by atoms with E-state index in [-0.39, 0.29) is 16.7 Å².